The Hall–Kier alpha value is -1.90. The number of hydrogen-bond acceptors (Lipinski definition) is 1. The van der Waals surface area contributed by atoms with Crippen LogP contribution in [-0.2, 0) is 20.1 Å². The fraction of sp³-hybridized carbons (Fsp3) is 0. The Morgan fingerprint density at radius 1 is 0.846 bits per heavy atom. The van der Waals surface area contributed by atoms with Crippen LogP contribution in [0.25, 0.3) is 38.6 Å². The molecule has 0 atom stereocenters. The minimum Gasteiger partial charge on any atom is -0.333 e. The molecule has 0 N–H and O–H groups in total. The first-order valence-corrected chi connectivity index (χ1v) is 8.64. The van der Waals surface area contributed by atoms with E-state index >= 15 is 0 Å². The quantitative estimate of drug-likeness (QED) is 0.173. The van der Waals surface area contributed by atoms with Gasteiger partial charge in [-0.15, -0.1) is 29.7 Å². The molecule has 1 radical (unpaired) electrons. The summed E-state index contributed by atoms with van der Waals surface area (Å²) in [5, 5.41) is 4.47. The molecule has 0 saturated heterocycles. The van der Waals surface area contributed by atoms with Gasteiger partial charge in [0.05, 0.1) is 21.4 Å². The Morgan fingerprint density at radius 2 is 1.58 bits per heavy atom. The summed E-state index contributed by atoms with van der Waals surface area (Å²) in [7, 11) is 0. The van der Waals surface area contributed by atoms with Crippen LogP contribution in [0.3, 0.4) is 0 Å². The molecule has 26 heavy (non-hydrogen) atoms. The molecule has 3 aromatic carbocycles. The summed E-state index contributed by atoms with van der Waals surface area (Å²) < 4.78 is 2.11. The van der Waals surface area contributed by atoms with Gasteiger partial charge in [0.2, 0.25) is 0 Å². The number of hydrogen-bond donors (Lipinski definition) is 0. The second kappa shape index (κ2) is 6.68. The number of halogens is 2. The third-order valence-corrected chi connectivity index (χ3v) is 5.13. The standard InChI is InChI=1S/C21H11Cl2N2.Ir/c22-16-9-5-10-17(23)20(16)19-12-24-21-15-8-2-1-6-13(15)14-7-3-4-11-18(14)25(19)21;/h1-7,9-12H;/q-1;. The summed E-state index contributed by atoms with van der Waals surface area (Å²) in [6, 6.07) is 23.1. The van der Waals surface area contributed by atoms with Crippen LogP contribution in [0.1, 0.15) is 0 Å². The molecule has 5 aromatic rings. The largest absolute Gasteiger partial charge is 0.333 e. The third kappa shape index (κ3) is 2.47. The van der Waals surface area contributed by atoms with Gasteiger partial charge in [0, 0.05) is 37.4 Å². The van der Waals surface area contributed by atoms with Crippen LogP contribution >= 0.6 is 23.2 Å². The molecule has 0 aliphatic heterocycles. The monoisotopic (exact) mass is 554 g/mol. The van der Waals surface area contributed by atoms with Gasteiger partial charge < -0.3 is 4.40 Å². The molecule has 0 aliphatic rings. The normalized spacial score (nSPS) is 11.2. The summed E-state index contributed by atoms with van der Waals surface area (Å²) >= 11 is 12.9. The zero-order chi connectivity index (χ0) is 17.0. The van der Waals surface area contributed by atoms with Gasteiger partial charge >= 0.3 is 0 Å². The molecule has 0 unspecified atom stereocenters. The molecule has 2 heterocycles. The Morgan fingerprint density at radius 3 is 2.38 bits per heavy atom. The third-order valence-electron chi connectivity index (χ3n) is 4.50. The van der Waals surface area contributed by atoms with Gasteiger partial charge in [-0.1, -0.05) is 52.9 Å². The van der Waals surface area contributed by atoms with E-state index in [0.717, 1.165) is 38.6 Å². The average molecular weight is 554 g/mol. The molecule has 5 rings (SSSR count). The molecule has 0 amide bonds. The Balaban J connectivity index is 0.00000168. The van der Waals surface area contributed by atoms with Crippen molar-refractivity contribution in [3.05, 3.63) is 83.0 Å². The minimum absolute atomic E-state index is 0. The predicted molar refractivity (Wildman–Crippen MR) is 104 cm³/mol. The first-order chi connectivity index (χ1) is 12.3. The summed E-state index contributed by atoms with van der Waals surface area (Å²) in [4.78, 5) is 4.67. The molecule has 0 saturated carbocycles. The van der Waals surface area contributed by atoms with Crippen LogP contribution in [0, 0.1) is 6.07 Å². The smallest absolute Gasteiger partial charge is 0.0664 e. The van der Waals surface area contributed by atoms with Crippen molar-refractivity contribution < 1.29 is 20.1 Å². The van der Waals surface area contributed by atoms with Crippen molar-refractivity contribution in [3.63, 3.8) is 0 Å². The van der Waals surface area contributed by atoms with Gasteiger partial charge in [-0.25, -0.2) is 0 Å². The summed E-state index contributed by atoms with van der Waals surface area (Å²) in [5.74, 6) is 0. The van der Waals surface area contributed by atoms with E-state index in [0.29, 0.717) is 10.0 Å². The zero-order valence-corrected chi connectivity index (χ0v) is 17.2. The van der Waals surface area contributed by atoms with E-state index in [9.17, 15) is 0 Å². The first-order valence-electron chi connectivity index (χ1n) is 7.88. The van der Waals surface area contributed by atoms with E-state index in [1.807, 2.05) is 48.7 Å². The number of benzene rings is 3. The van der Waals surface area contributed by atoms with Gasteiger partial charge in [-0.05, 0) is 23.6 Å². The van der Waals surface area contributed by atoms with Crippen molar-refractivity contribution in [2.45, 2.75) is 0 Å². The zero-order valence-electron chi connectivity index (χ0n) is 13.3. The van der Waals surface area contributed by atoms with Gasteiger partial charge in [-0.3, -0.25) is 4.98 Å². The Bertz CT molecular complexity index is 1260. The van der Waals surface area contributed by atoms with Gasteiger partial charge in [0.25, 0.3) is 0 Å². The molecule has 5 heteroatoms. The molecule has 2 aromatic heterocycles. The van der Waals surface area contributed by atoms with E-state index in [-0.39, 0.29) is 20.1 Å². The maximum absolute atomic E-state index is 6.46. The minimum atomic E-state index is 0. The molecule has 0 aliphatic carbocycles. The van der Waals surface area contributed by atoms with Crippen LogP contribution in [0.4, 0.5) is 0 Å². The van der Waals surface area contributed by atoms with E-state index in [1.54, 1.807) is 0 Å². The fourth-order valence-corrected chi connectivity index (χ4v) is 4.02. The predicted octanol–water partition coefficient (Wildman–Crippen LogP) is 6.41. The van der Waals surface area contributed by atoms with Crippen LogP contribution in [0.2, 0.25) is 10.0 Å². The number of fused-ring (bicyclic) bond motifs is 6. The van der Waals surface area contributed by atoms with Gasteiger partial charge in [-0.2, -0.15) is 0 Å². The summed E-state index contributed by atoms with van der Waals surface area (Å²) in [6.45, 7) is 0. The maximum Gasteiger partial charge on any atom is 0.0664 e. The van der Waals surface area contributed by atoms with E-state index < -0.39 is 0 Å². The molecular formula is C21H11Cl2IrN2-. The van der Waals surface area contributed by atoms with Crippen molar-refractivity contribution in [3.8, 4) is 11.3 Å². The molecule has 0 bridgehead atoms. The van der Waals surface area contributed by atoms with Crippen molar-refractivity contribution in [2.24, 2.45) is 0 Å². The fourth-order valence-electron chi connectivity index (χ4n) is 3.43. The van der Waals surface area contributed by atoms with Crippen LogP contribution in [0.15, 0.2) is 66.9 Å². The number of para-hydroxylation sites is 1. The second-order valence-electron chi connectivity index (χ2n) is 5.88. The molecular weight excluding hydrogens is 543 g/mol. The first kappa shape index (κ1) is 17.5. The summed E-state index contributed by atoms with van der Waals surface area (Å²) in [5.41, 5.74) is 3.58. The summed E-state index contributed by atoms with van der Waals surface area (Å²) in [6.07, 6.45) is 1.83. The van der Waals surface area contributed by atoms with Crippen molar-refractivity contribution in [1.29, 1.82) is 0 Å². The van der Waals surface area contributed by atoms with Crippen molar-refractivity contribution in [1.82, 2.24) is 9.38 Å². The Kier molecular flexibility index (Phi) is 4.50. The number of imidazole rings is 1. The van der Waals surface area contributed by atoms with E-state index in [1.165, 1.54) is 0 Å². The number of aromatic nitrogens is 2. The van der Waals surface area contributed by atoms with Crippen LogP contribution in [-0.4, -0.2) is 9.38 Å². The van der Waals surface area contributed by atoms with E-state index in [4.69, 9.17) is 23.2 Å². The topological polar surface area (TPSA) is 17.3 Å². The number of pyridine rings is 1. The number of nitrogens with zero attached hydrogens (tertiary/aromatic N) is 2. The number of rotatable bonds is 1. The second-order valence-corrected chi connectivity index (χ2v) is 6.69. The molecule has 0 spiro atoms. The van der Waals surface area contributed by atoms with E-state index in [2.05, 4.69) is 33.7 Å². The maximum atomic E-state index is 6.46. The average Bonchev–Trinajstić information content (AvgIpc) is 3.07. The SMILES string of the molecule is Clc1cccc(Cl)c1-c1cnc2c3[c-]cccc3c3ccccc3n12.[Ir]. The molecule has 129 valence electrons. The molecule has 2 nitrogen and oxygen atoms in total. The van der Waals surface area contributed by atoms with Gasteiger partial charge in [0.1, 0.15) is 0 Å². The Labute approximate surface area is 173 Å². The van der Waals surface area contributed by atoms with Crippen LogP contribution < -0.4 is 0 Å². The van der Waals surface area contributed by atoms with Gasteiger partial charge in [0.15, 0.2) is 0 Å². The van der Waals surface area contributed by atoms with Crippen molar-refractivity contribution >= 4 is 50.5 Å². The van der Waals surface area contributed by atoms with Crippen LogP contribution in [0.5, 0.6) is 0 Å². The van der Waals surface area contributed by atoms with Crippen molar-refractivity contribution in [2.75, 3.05) is 0 Å². The molecule has 0 fully saturated rings.